The molecule has 0 aliphatic carbocycles. The summed E-state index contributed by atoms with van der Waals surface area (Å²) >= 11 is 3.61. The van der Waals surface area contributed by atoms with Gasteiger partial charge in [0.15, 0.2) is 0 Å². The molecule has 0 fully saturated rings. The third-order valence-corrected chi connectivity index (χ3v) is 6.21. The highest BCUT2D eigenvalue weighted by Crippen LogP contribution is 2.29. The minimum absolute atomic E-state index is 0.182. The lowest BCUT2D eigenvalue weighted by molar-refractivity contribution is 0.533. The summed E-state index contributed by atoms with van der Waals surface area (Å²) in [5.41, 5.74) is 2.38. The Morgan fingerprint density at radius 3 is 2.63 bits per heavy atom. The molecule has 0 saturated heterocycles. The van der Waals surface area contributed by atoms with Crippen molar-refractivity contribution in [3.63, 3.8) is 0 Å². The van der Waals surface area contributed by atoms with Gasteiger partial charge in [-0.3, -0.25) is 0 Å². The number of rotatable bonds is 7. The third kappa shape index (κ3) is 4.89. The predicted molar refractivity (Wildman–Crippen MR) is 84.2 cm³/mol. The molecule has 1 aromatic rings. The summed E-state index contributed by atoms with van der Waals surface area (Å²) in [6, 6.07) is 6.35. The number of halogens is 1. The van der Waals surface area contributed by atoms with Crippen molar-refractivity contribution in [1.29, 1.82) is 0 Å². The van der Waals surface area contributed by atoms with Gasteiger partial charge < -0.3 is 5.32 Å². The standard InChI is InChI=1S/C14H22BrNO2S/c1-4-19(17,18)10-6-9-13(16-3)12-8-5-7-11(2)14(12)15/h5,7-8,13,16H,4,6,9-10H2,1-3H3. The maximum atomic E-state index is 11.5. The smallest absolute Gasteiger partial charge is 0.150 e. The van der Waals surface area contributed by atoms with Gasteiger partial charge in [0.25, 0.3) is 0 Å². The van der Waals surface area contributed by atoms with Crippen molar-refractivity contribution >= 4 is 25.8 Å². The van der Waals surface area contributed by atoms with Crippen LogP contribution >= 0.6 is 15.9 Å². The maximum absolute atomic E-state index is 11.5. The van der Waals surface area contributed by atoms with Gasteiger partial charge in [-0.1, -0.05) is 41.1 Å². The zero-order chi connectivity index (χ0) is 14.5. The molecule has 0 aromatic heterocycles. The van der Waals surface area contributed by atoms with Crippen molar-refractivity contribution in [2.24, 2.45) is 0 Å². The first-order valence-corrected chi connectivity index (χ1v) is 9.15. The Labute approximate surface area is 124 Å². The van der Waals surface area contributed by atoms with Crippen LogP contribution in [0.25, 0.3) is 0 Å². The molecule has 0 heterocycles. The van der Waals surface area contributed by atoms with Crippen molar-refractivity contribution in [1.82, 2.24) is 5.32 Å². The van der Waals surface area contributed by atoms with Crippen molar-refractivity contribution in [3.05, 3.63) is 33.8 Å². The molecule has 1 N–H and O–H groups in total. The number of sulfone groups is 1. The average Bonchev–Trinajstić information content (AvgIpc) is 2.38. The SMILES string of the molecule is CCS(=O)(=O)CCCC(NC)c1cccc(C)c1Br. The van der Waals surface area contributed by atoms with Crippen LogP contribution < -0.4 is 5.32 Å². The molecule has 0 aliphatic heterocycles. The van der Waals surface area contributed by atoms with Crippen molar-refractivity contribution in [2.45, 2.75) is 32.7 Å². The van der Waals surface area contributed by atoms with Crippen LogP contribution in [0.1, 0.15) is 36.9 Å². The molecule has 1 rings (SSSR count). The third-order valence-electron chi connectivity index (χ3n) is 3.33. The normalized spacial score (nSPS) is 13.5. The van der Waals surface area contributed by atoms with E-state index >= 15 is 0 Å². The molecule has 1 aromatic carbocycles. The van der Waals surface area contributed by atoms with Crippen LogP contribution in [-0.4, -0.2) is 27.0 Å². The molecule has 0 spiro atoms. The van der Waals surface area contributed by atoms with Crippen molar-refractivity contribution in [2.75, 3.05) is 18.6 Å². The number of nitrogens with one attached hydrogen (secondary N) is 1. The van der Waals surface area contributed by atoms with E-state index in [1.807, 2.05) is 13.1 Å². The van der Waals surface area contributed by atoms with Crippen molar-refractivity contribution < 1.29 is 8.42 Å². The van der Waals surface area contributed by atoms with Gasteiger partial charge in [-0.15, -0.1) is 0 Å². The Hall–Kier alpha value is -0.390. The molecule has 1 atom stereocenters. The summed E-state index contributed by atoms with van der Waals surface area (Å²) < 4.78 is 24.1. The fourth-order valence-electron chi connectivity index (χ4n) is 2.05. The molecule has 0 aliphatic rings. The quantitative estimate of drug-likeness (QED) is 0.823. The van der Waals surface area contributed by atoms with E-state index in [4.69, 9.17) is 0 Å². The molecular formula is C14H22BrNO2S. The second kappa shape index (κ2) is 7.41. The Morgan fingerprint density at radius 2 is 2.05 bits per heavy atom. The monoisotopic (exact) mass is 347 g/mol. The van der Waals surface area contributed by atoms with E-state index in [-0.39, 0.29) is 17.5 Å². The van der Waals surface area contributed by atoms with Crippen LogP contribution in [0.4, 0.5) is 0 Å². The number of benzene rings is 1. The summed E-state index contributed by atoms with van der Waals surface area (Å²) in [5, 5.41) is 3.27. The Morgan fingerprint density at radius 1 is 1.37 bits per heavy atom. The molecule has 3 nitrogen and oxygen atoms in total. The van der Waals surface area contributed by atoms with Crippen LogP contribution in [-0.2, 0) is 9.84 Å². The number of aryl methyl sites for hydroxylation is 1. The van der Waals surface area contributed by atoms with Crippen LogP contribution in [0, 0.1) is 6.92 Å². The summed E-state index contributed by atoms with van der Waals surface area (Å²) in [4.78, 5) is 0. The fraction of sp³-hybridized carbons (Fsp3) is 0.571. The first kappa shape index (κ1) is 16.7. The molecule has 0 saturated carbocycles. The van der Waals surface area contributed by atoms with Gasteiger partial charge in [0.2, 0.25) is 0 Å². The average molecular weight is 348 g/mol. The number of hydrogen-bond acceptors (Lipinski definition) is 3. The molecular weight excluding hydrogens is 326 g/mol. The van der Waals surface area contributed by atoms with E-state index in [2.05, 4.69) is 40.3 Å². The Balaban J connectivity index is 2.71. The van der Waals surface area contributed by atoms with Gasteiger partial charge in [0, 0.05) is 16.3 Å². The predicted octanol–water partition coefficient (Wildman–Crippen LogP) is 3.23. The van der Waals surface area contributed by atoms with E-state index in [0.29, 0.717) is 6.42 Å². The molecule has 0 radical (unpaired) electrons. The molecule has 19 heavy (non-hydrogen) atoms. The van der Waals surface area contributed by atoms with Crippen LogP contribution in [0.5, 0.6) is 0 Å². The van der Waals surface area contributed by atoms with Gasteiger partial charge >= 0.3 is 0 Å². The summed E-state index contributed by atoms with van der Waals surface area (Å²) in [6.07, 6.45) is 1.50. The highest BCUT2D eigenvalue weighted by Gasteiger charge is 2.15. The van der Waals surface area contributed by atoms with Gasteiger partial charge in [0.1, 0.15) is 9.84 Å². The van der Waals surface area contributed by atoms with Crippen LogP contribution in [0.2, 0.25) is 0 Å². The first-order valence-electron chi connectivity index (χ1n) is 6.54. The van der Waals surface area contributed by atoms with E-state index < -0.39 is 9.84 Å². The van der Waals surface area contributed by atoms with E-state index in [1.165, 1.54) is 11.1 Å². The minimum atomic E-state index is -2.86. The lowest BCUT2D eigenvalue weighted by Gasteiger charge is -2.19. The minimum Gasteiger partial charge on any atom is -0.313 e. The van der Waals surface area contributed by atoms with Crippen LogP contribution in [0.15, 0.2) is 22.7 Å². The molecule has 1 unspecified atom stereocenters. The maximum Gasteiger partial charge on any atom is 0.150 e. The number of hydrogen-bond donors (Lipinski definition) is 1. The Kier molecular flexibility index (Phi) is 6.50. The largest absolute Gasteiger partial charge is 0.313 e. The van der Waals surface area contributed by atoms with E-state index in [1.54, 1.807) is 6.92 Å². The fourth-order valence-corrected chi connectivity index (χ4v) is 3.48. The molecule has 0 amide bonds. The van der Waals surface area contributed by atoms with Crippen molar-refractivity contribution in [3.8, 4) is 0 Å². The van der Waals surface area contributed by atoms with E-state index in [0.717, 1.165) is 10.9 Å². The highest BCUT2D eigenvalue weighted by molar-refractivity contribution is 9.10. The summed E-state index contributed by atoms with van der Waals surface area (Å²) in [5.74, 6) is 0.497. The van der Waals surface area contributed by atoms with Gasteiger partial charge in [-0.25, -0.2) is 8.42 Å². The van der Waals surface area contributed by atoms with Gasteiger partial charge in [0.05, 0.1) is 5.75 Å². The molecule has 108 valence electrons. The molecule has 5 heteroatoms. The highest BCUT2D eigenvalue weighted by atomic mass is 79.9. The van der Waals surface area contributed by atoms with Gasteiger partial charge in [-0.2, -0.15) is 0 Å². The molecule has 0 bridgehead atoms. The lowest BCUT2D eigenvalue weighted by Crippen LogP contribution is -2.19. The summed E-state index contributed by atoms with van der Waals surface area (Å²) in [6.45, 7) is 3.75. The first-order chi connectivity index (χ1) is 8.91. The zero-order valence-electron chi connectivity index (χ0n) is 11.7. The second-order valence-electron chi connectivity index (χ2n) is 4.70. The topological polar surface area (TPSA) is 46.2 Å². The van der Waals surface area contributed by atoms with Gasteiger partial charge in [-0.05, 0) is 37.9 Å². The zero-order valence-corrected chi connectivity index (χ0v) is 14.1. The lowest BCUT2D eigenvalue weighted by atomic mass is 10.0. The van der Waals surface area contributed by atoms with Crippen LogP contribution in [0.3, 0.4) is 0 Å². The second-order valence-corrected chi connectivity index (χ2v) is 7.96. The van der Waals surface area contributed by atoms with E-state index in [9.17, 15) is 8.42 Å². The summed E-state index contributed by atoms with van der Waals surface area (Å²) in [7, 11) is -0.953. The Bertz CT molecular complexity index is 514.